The fraction of sp³-hybridized carbons (Fsp3) is 0.200. The predicted molar refractivity (Wildman–Crippen MR) is 120 cm³/mol. The van der Waals surface area contributed by atoms with Crippen LogP contribution in [0.5, 0.6) is 0 Å². The molecule has 1 nitrogen and oxygen atoms in total. The van der Waals surface area contributed by atoms with Gasteiger partial charge in [-0.05, 0) is 55.0 Å². The van der Waals surface area contributed by atoms with Gasteiger partial charge in [0, 0.05) is 10.2 Å². The molecule has 3 aromatic rings. The monoisotopic (exact) mass is 419 g/mol. The molecule has 0 fully saturated rings. The molecule has 0 radical (unpaired) electrons. The highest BCUT2D eigenvalue weighted by molar-refractivity contribution is 9.10. The number of hydrogen-bond acceptors (Lipinski definition) is 1. The molecule has 1 atom stereocenters. The standard InChI is InChI=1S/C25H26BrN/c26-24-19-12-11-14-21(24)13-5-1-2-10-20-25(22-15-6-3-7-16-22)27-23-17-8-4-9-18-23/h1-4,6-9,11-12,14-19,25,27H,5,10,13,20H2/b2-1-. The quantitative estimate of drug-likeness (QED) is 0.352. The zero-order chi connectivity index (χ0) is 18.7. The topological polar surface area (TPSA) is 12.0 Å². The second-order valence-corrected chi connectivity index (χ2v) is 7.51. The van der Waals surface area contributed by atoms with E-state index in [1.807, 2.05) is 0 Å². The summed E-state index contributed by atoms with van der Waals surface area (Å²) in [6.45, 7) is 0. The lowest BCUT2D eigenvalue weighted by molar-refractivity contribution is 0.703. The van der Waals surface area contributed by atoms with Gasteiger partial charge in [-0.25, -0.2) is 0 Å². The molecular weight excluding hydrogens is 394 g/mol. The van der Waals surface area contributed by atoms with Gasteiger partial charge in [-0.1, -0.05) is 94.8 Å². The van der Waals surface area contributed by atoms with Gasteiger partial charge in [-0.3, -0.25) is 0 Å². The zero-order valence-electron chi connectivity index (χ0n) is 15.5. The molecule has 2 heteroatoms. The van der Waals surface area contributed by atoms with Crippen molar-refractivity contribution in [3.05, 3.63) is 113 Å². The van der Waals surface area contributed by atoms with E-state index in [1.165, 1.54) is 21.3 Å². The first kappa shape index (κ1) is 19.4. The van der Waals surface area contributed by atoms with E-state index in [2.05, 4.69) is 118 Å². The second-order valence-electron chi connectivity index (χ2n) is 6.65. The van der Waals surface area contributed by atoms with Crippen molar-refractivity contribution in [2.24, 2.45) is 0 Å². The molecule has 1 N–H and O–H groups in total. The molecule has 3 rings (SSSR count). The molecule has 0 spiro atoms. The van der Waals surface area contributed by atoms with Crippen LogP contribution in [0.1, 0.15) is 36.4 Å². The zero-order valence-corrected chi connectivity index (χ0v) is 17.1. The highest BCUT2D eigenvalue weighted by Gasteiger charge is 2.10. The maximum Gasteiger partial charge on any atom is 0.0516 e. The van der Waals surface area contributed by atoms with Crippen molar-refractivity contribution in [2.75, 3.05) is 5.32 Å². The van der Waals surface area contributed by atoms with Crippen LogP contribution in [0, 0.1) is 0 Å². The largest absolute Gasteiger partial charge is 0.378 e. The van der Waals surface area contributed by atoms with Crippen LogP contribution < -0.4 is 5.32 Å². The second kappa shape index (κ2) is 10.7. The van der Waals surface area contributed by atoms with Crippen molar-refractivity contribution in [1.82, 2.24) is 0 Å². The van der Waals surface area contributed by atoms with Crippen molar-refractivity contribution in [2.45, 2.75) is 31.7 Å². The fourth-order valence-electron chi connectivity index (χ4n) is 3.18. The Morgan fingerprint density at radius 3 is 2.11 bits per heavy atom. The molecular formula is C25H26BrN. The van der Waals surface area contributed by atoms with Gasteiger partial charge in [0.1, 0.15) is 0 Å². The summed E-state index contributed by atoms with van der Waals surface area (Å²) in [5.74, 6) is 0. The number of allylic oxidation sites excluding steroid dienone is 2. The number of rotatable bonds is 9. The van der Waals surface area contributed by atoms with Gasteiger partial charge in [0.25, 0.3) is 0 Å². The van der Waals surface area contributed by atoms with Crippen molar-refractivity contribution in [3.63, 3.8) is 0 Å². The lowest BCUT2D eigenvalue weighted by Gasteiger charge is -2.20. The minimum atomic E-state index is 0.321. The van der Waals surface area contributed by atoms with Crippen LogP contribution in [0.15, 0.2) is 102 Å². The molecule has 3 aromatic carbocycles. The average molecular weight is 420 g/mol. The van der Waals surface area contributed by atoms with E-state index in [0.717, 1.165) is 25.7 Å². The van der Waals surface area contributed by atoms with Crippen LogP contribution in [-0.4, -0.2) is 0 Å². The lowest BCUT2D eigenvalue weighted by Crippen LogP contribution is -2.10. The van der Waals surface area contributed by atoms with Crippen molar-refractivity contribution in [1.29, 1.82) is 0 Å². The maximum absolute atomic E-state index is 3.68. The molecule has 0 aliphatic carbocycles. The molecule has 0 heterocycles. The molecule has 27 heavy (non-hydrogen) atoms. The van der Waals surface area contributed by atoms with Gasteiger partial charge < -0.3 is 5.32 Å². The van der Waals surface area contributed by atoms with Gasteiger partial charge in [-0.15, -0.1) is 0 Å². The Labute approximate surface area is 171 Å². The van der Waals surface area contributed by atoms with E-state index in [-0.39, 0.29) is 0 Å². The molecule has 0 amide bonds. The van der Waals surface area contributed by atoms with Crippen LogP contribution >= 0.6 is 15.9 Å². The van der Waals surface area contributed by atoms with Gasteiger partial charge in [0.15, 0.2) is 0 Å². The normalized spacial score (nSPS) is 12.2. The van der Waals surface area contributed by atoms with Crippen LogP contribution in [0.2, 0.25) is 0 Å². The number of anilines is 1. The molecule has 0 saturated carbocycles. The van der Waals surface area contributed by atoms with E-state index < -0.39 is 0 Å². The summed E-state index contributed by atoms with van der Waals surface area (Å²) in [6, 6.07) is 30.0. The summed E-state index contributed by atoms with van der Waals surface area (Å²) < 4.78 is 1.20. The highest BCUT2D eigenvalue weighted by Crippen LogP contribution is 2.24. The Morgan fingerprint density at radius 2 is 1.37 bits per heavy atom. The molecule has 0 saturated heterocycles. The third-order valence-electron chi connectivity index (χ3n) is 4.64. The van der Waals surface area contributed by atoms with Crippen LogP contribution in [0.3, 0.4) is 0 Å². The number of benzene rings is 3. The van der Waals surface area contributed by atoms with Crippen LogP contribution in [-0.2, 0) is 6.42 Å². The Bertz CT molecular complexity index is 827. The van der Waals surface area contributed by atoms with Gasteiger partial charge in [0.2, 0.25) is 0 Å². The number of aryl methyl sites for hydroxylation is 1. The summed E-state index contributed by atoms with van der Waals surface area (Å²) in [5.41, 5.74) is 3.88. The van der Waals surface area contributed by atoms with E-state index in [1.54, 1.807) is 0 Å². The Kier molecular flexibility index (Phi) is 7.73. The first-order valence-corrected chi connectivity index (χ1v) is 10.4. The number of halogens is 1. The molecule has 0 aliphatic heterocycles. The summed E-state index contributed by atoms with van der Waals surface area (Å²) in [5, 5.41) is 3.68. The van der Waals surface area contributed by atoms with Crippen LogP contribution in [0.4, 0.5) is 5.69 Å². The smallest absolute Gasteiger partial charge is 0.0516 e. The number of hydrogen-bond donors (Lipinski definition) is 1. The molecule has 0 bridgehead atoms. The van der Waals surface area contributed by atoms with Crippen molar-refractivity contribution >= 4 is 21.6 Å². The van der Waals surface area contributed by atoms with E-state index in [9.17, 15) is 0 Å². The minimum Gasteiger partial charge on any atom is -0.378 e. The van der Waals surface area contributed by atoms with Crippen molar-refractivity contribution < 1.29 is 0 Å². The lowest BCUT2D eigenvalue weighted by atomic mass is 10.0. The summed E-state index contributed by atoms with van der Waals surface area (Å²) >= 11 is 3.62. The molecule has 138 valence electrons. The molecule has 1 unspecified atom stereocenters. The Hall–Kier alpha value is -2.32. The Morgan fingerprint density at radius 1 is 0.741 bits per heavy atom. The SMILES string of the molecule is Brc1ccccc1CC/C=C\CCC(Nc1ccccc1)c1ccccc1. The third-order valence-corrected chi connectivity index (χ3v) is 5.42. The predicted octanol–water partition coefficient (Wildman–Crippen LogP) is 7.57. The summed E-state index contributed by atoms with van der Waals surface area (Å²) in [4.78, 5) is 0. The molecule has 0 aromatic heterocycles. The van der Waals surface area contributed by atoms with Gasteiger partial charge >= 0.3 is 0 Å². The van der Waals surface area contributed by atoms with E-state index in [4.69, 9.17) is 0 Å². The van der Waals surface area contributed by atoms with Crippen LogP contribution in [0.25, 0.3) is 0 Å². The minimum absolute atomic E-state index is 0.321. The van der Waals surface area contributed by atoms with Gasteiger partial charge in [0.05, 0.1) is 6.04 Å². The first-order valence-electron chi connectivity index (χ1n) is 9.58. The average Bonchev–Trinajstić information content (AvgIpc) is 2.72. The van der Waals surface area contributed by atoms with E-state index >= 15 is 0 Å². The third kappa shape index (κ3) is 6.41. The maximum atomic E-state index is 3.68. The number of para-hydroxylation sites is 1. The fourth-order valence-corrected chi connectivity index (χ4v) is 3.66. The molecule has 0 aliphatic rings. The summed E-state index contributed by atoms with van der Waals surface area (Å²) in [7, 11) is 0. The van der Waals surface area contributed by atoms with Gasteiger partial charge in [-0.2, -0.15) is 0 Å². The van der Waals surface area contributed by atoms with Crippen molar-refractivity contribution in [3.8, 4) is 0 Å². The highest BCUT2D eigenvalue weighted by atomic mass is 79.9. The number of nitrogens with one attached hydrogen (secondary N) is 1. The van der Waals surface area contributed by atoms with E-state index in [0.29, 0.717) is 6.04 Å². The summed E-state index contributed by atoms with van der Waals surface area (Å²) in [6.07, 6.45) is 8.91. The Balaban J connectivity index is 1.52. The first-order chi connectivity index (χ1) is 13.3.